The summed E-state index contributed by atoms with van der Waals surface area (Å²) >= 11 is 0. The molecule has 0 bridgehead atoms. The van der Waals surface area contributed by atoms with E-state index in [1.165, 1.54) is 11.8 Å². The molecular formula is C24H36N2O3. The number of ether oxygens (including phenoxy) is 2. The number of carbonyl (C=O) groups excluding carboxylic acids is 1. The van der Waals surface area contributed by atoms with Crippen LogP contribution in [-0.2, 0) is 14.3 Å². The van der Waals surface area contributed by atoms with E-state index in [0.29, 0.717) is 17.9 Å². The molecule has 0 radical (unpaired) electrons. The zero-order valence-electron chi connectivity index (χ0n) is 18.3. The summed E-state index contributed by atoms with van der Waals surface area (Å²) in [6, 6.07) is 0. The molecule has 1 saturated heterocycles. The van der Waals surface area contributed by atoms with Gasteiger partial charge in [-0.1, -0.05) is 36.5 Å². The highest BCUT2D eigenvalue weighted by molar-refractivity contribution is 5.77. The van der Waals surface area contributed by atoms with Crippen molar-refractivity contribution >= 4 is 6.29 Å². The first kappa shape index (κ1) is 24.7. The van der Waals surface area contributed by atoms with Crippen LogP contribution in [-0.4, -0.2) is 69.6 Å². The van der Waals surface area contributed by atoms with Gasteiger partial charge in [-0.15, -0.1) is 0 Å². The molecule has 5 heteroatoms. The lowest BCUT2D eigenvalue weighted by molar-refractivity contribution is -0.104. The van der Waals surface area contributed by atoms with Crippen LogP contribution < -0.4 is 0 Å². The van der Waals surface area contributed by atoms with E-state index in [-0.39, 0.29) is 0 Å². The first-order valence-corrected chi connectivity index (χ1v) is 10.2. The van der Waals surface area contributed by atoms with Gasteiger partial charge in [0.1, 0.15) is 19.2 Å². The molecule has 29 heavy (non-hydrogen) atoms. The molecule has 0 aromatic carbocycles. The maximum atomic E-state index is 10.8. The second-order valence-electron chi connectivity index (χ2n) is 6.87. The Morgan fingerprint density at radius 2 is 1.79 bits per heavy atom. The molecule has 1 aliphatic heterocycles. The van der Waals surface area contributed by atoms with Crippen molar-refractivity contribution in [3.05, 3.63) is 71.8 Å². The highest BCUT2D eigenvalue weighted by atomic mass is 16.5. The van der Waals surface area contributed by atoms with Gasteiger partial charge in [0.15, 0.2) is 5.76 Å². The third-order valence-corrected chi connectivity index (χ3v) is 4.56. The Morgan fingerprint density at radius 1 is 1.03 bits per heavy atom. The minimum Gasteiger partial charge on any atom is -0.501 e. The first-order valence-electron chi connectivity index (χ1n) is 10.2. The van der Waals surface area contributed by atoms with Crippen molar-refractivity contribution in [3.63, 3.8) is 0 Å². The van der Waals surface area contributed by atoms with Gasteiger partial charge in [0, 0.05) is 38.3 Å². The number of piperazine rings is 1. The maximum Gasteiger partial charge on any atom is 0.154 e. The number of aldehydes is 1. The third kappa shape index (κ3) is 11.3. The van der Waals surface area contributed by atoms with Gasteiger partial charge in [-0.05, 0) is 45.0 Å². The van der Waals surface area contributed by atoms with Crippen LogP contribution in [0.2, 0.25) is 0 Å². The molecule has 0 N–H and O–H groups in total. The molecule has 0 spiro atoms. The molecule has 5 nitrogen and oxygen atoms in total. The molecule has 0 atom stereocenters. The topological polar surface area (TPSA) is 42.0 Å². The number of carbonyl (C=O) groups is 1. The van der Waals surface area contributed by atoms with Crippen molar-refractivity contribution in [2.45, 2.75) is 20.3 Å². The molecule has 0 saturated carbocycles. The quantitative estimate of drug-likeness (QED) is 0.163. The average molecular weight is 401 g/mol. The van der Waals surface area contributed by atoms with Crippen molar-refractivity contribution in [2.75, 3.05) is 53.5 Å². The Labute approximate surface area is 176 Å². The molecule has 0 aliphatic carbocycles. The number of nitrogens with zero attached hydrogens (tertiary/aromatic N) is 2. The van der Waals surface area contributed by atoms with Crippen molar-refractivity contribution in [2.24, 2.45) is 0 Å². The number of rotatable bonds is 12. The zero-order valence-corrected chi connectivity index (χ0v) is 18.3. The van der Waals surface area contributed by atoms with E-state index in [4.69, 9.17) is 9.47 Å². The van der Waals surface area contributed by atoms with Gasteiger partial charge in [0.05, 0.1) is 7.11 Å². The fourth-order valence-electron chi connectivity index (χ4n) is 2.81. The number of hydrogen-bond acceptors (Lipinski definition) is 5. The third-order valence-electron chi connectivity index (χ3n) is 4.56. The largest absolute Gasteiger partial charge is 0.501 e. The normalized spacial score (nSPS) is 18.3. The van der Waals surface area contributed by atoms with E-state index in [2.05, 4.69) is 48.1 Å². The second-order valence-corrected chi connectivity index (χ2v) is 6.87. The van der Waals surface area contributed by atoms with Crippen LogP contribution in [0.1, 0.15) is 20.3 Å². The highest BCUT2D eigenvalue weighted by Crippen LogP contribution is 2.08. The summed E-state index contributed by atoms with van der Waals surface area (Å²) in [6.45, 7) is 9.82. The van der Waals surface area contributed by atoms with Gasteiger partial charge in [-0.2, -0.15) is 0 Å². The second kappa shape index (κ2) is 15.5. The predicted octanol–water partition coefficient (Wildman–Crippen LogP) is 3.89. The molecule has 0 aromatic heterocycles. The Kier molecular flexibility index (Phi) is 13.2. The summed E-state index contributed by atoms with van der Waals surface area (Å²) in [5.41, 5.74) is 1.94. The zero-order chi connectivity index (χ0) is 21.3. The minimum absolute atomic E-state index is 0.442. The Balaban J connectivity index is 2.48. The average Bonchev–Trinajstić information content (AvgIpc) is 2.72. The summed E-state index contributed by atoms with van der Waals surface area (Å²) in [5.74, 6) is 0.568. The van der Waals surface area contributed by atoms with E-state index in [1.54, 1.807) is 25.3 Å². The van der Waals surface area contributed by atoms with Crippen LogP contribution in [0.5, 0.6) is 0 Å². The first-order chi connectivity index (χ1) is 14.1. The molecule has 1 aliphatic rings. The van der Waals surface area contributed by atoms with Crippen LogP contribution in [0.15, 0.2) is 71.8 Å². The van der Waals surface area contributed by atoms with Crippen LogP contribution in [0.4, 0.5) is 0 Å². The number of likely N-dealkylation sites (N-methyl/N-ethyl adjacent to an activating group) is 1. The maximum absolute atomic E-state index is 10.8. The molecule has 0 amide bonds. The molecule has 1 rings (SSSR count). The Morgan fingerprint density at radius 3 is 2.41 bits per heavy atom. The lowest BCUT2D eigenvalue weighted by Gasteiger charge is -2.32. The van der Waals surface area contributed by atoms with Crippen LogP contribution in [0.25, 0.3) is 0 Å². The summed E-state index contributed by atoms with van der Waals surface area (Å²) in [6.07, 6.45) is 19.0. The van der Waals surface area contributed by atoms with Gasteiger partial charge < -0.3 is 14.4 Å². The highest BCUT2D eigenvalue weighted by Gasteiger charge is 2.13. The van der Waals surface area contributed by atoms with Crippen LogP contribution in [0.3, 0.4) is 0 Å². The number of allylic oxidation sites excluding steroid dienone is 7. The van der Waals surface area contributed by atoms with Crippen molar-refractivity contribution < 1.29 is 14.3 Å². The van der Waals surface area contributed by atoms with Crippen LogP contribution in [0, 0.1) is 0 Å². The monoisotopic (exact) mass is 400 g/mol. The molecule has 0 unspecified atom stereocenters. The van der Waals surface area contributed by atoms with E-state index >= 15 is 0 Å². The summed E-state index contributed by atoms with van der Waals surface area (Å²) < 4.78 is 10.7. The van der Waals surface area contributed by atoms with Gasteiger partial charge >= 0.3 is 0 Å². The SMILES string of the molecule is C/C=C\C(=C/C/C=C/COC(/C=C\C(C=O)=C/C)=C\OC)CN1CCN(C)CC1. The summed E-state index contributed by atoms with van der Waals surface area (Å²) in [4.78, 5) is 15.7. The fraction of sp³-hybridized carbons (Fsp3) is 0.458. The van der Waals surface area contributed by atoms with E-state index in [1.807, 2.05) is 13.0 Å². The number of hydrogen-bond donors (Lipinski definition) is 0. The Bertz CT molecular complexity index is 649. The molecular weight excluding hydrogens is 364 g/mol. The van der Waals surface area contributed by atoms with E-state index in [0.717, 1.165) is 45.4 Å². The van der Waals surface area contributed by atoms with Gasteiger partial charge in [-0.3, -0.25) is 9.69 Å². The Hall–Kier alpha value is -2.37. The standard InChI is InChI=1S/C24H36N2O3/c1-5-10-23(19-26-16-14-25(3)15-17-26)11-8-7-9-18-29-24(21-28-4)13-12-22(6-2)20-27/h5-7,9-13,20-21H,8,14-19H2,1-4H3/b9-7+,10-5-,13-12-,22-6+,23-11+,24-21-. The van der Waals surface area contributed by atoms with Crippen molar-refractivity contribution in [1.29, 1.82) is 0 Å². The smallest absolute Gasteiger partial charge is 0.154 e. The predicted molar refractivity (Wildman–Crippen MR) is 121 cm³/mol. The van der Waals surface area contributed by atoms with Gasteiger partial charge in [0.25, 0.3) is 0 Å². The minimum atomic E-state index is 0.442. The molecule has 0 aromatic rings. The lowest BCUT2D eigenvalue weighted by atomic mass is 10.1. The molecule has 1 heterocycles. The lowest BCUT2D eigenvalue weighted by Crippen LogP contribution is -2.44. The van der Waals surface area contributed by atoms with E-state index < -0.39 is 0 Å². The van der Waals surface area contributed by atoms with Crippen molar-refractivity contribution in [1.82, 2.24) is 9.80 Å². The summed E-state index contributed by atoms with van der Waals surface area (Å²) in [7, 11) is 3.74. The van der Waals surface area contributed by atoms with Gasteiger partial charge in [0.2, 0.25) is 0 Å². The summed E-state index contributed by atoms with van der Waals surface area (Å²) in [5, 5.41) is 0. The van der Waals surface area contributed by atoms with Gasteiger partial charge in [-0.25, -0.2) is 0 Å². The van der Waals surface area contributed by atoms with E-state index in [9.17, 15) is 4.79 Å². The molecule has 1 fully saturated rings. The van der Waals surface area contributed by atoms with Crippen molar-refractivity contribution in [3.8, 4) is 0 Å². The molecule has 160 valence electrons. The van der Waals surface area contributed by atoms with Crippen LogP contribution >= 0.6 is 0 Å². The fourth-order valence-corrected chi connectivity index (χ4v) is 2.81. The number of methoxy groups -OCH3 is 1.